The molecule has 0 aliphatic rings. The van der Waals surface area contributed by atoms with E-state index < -0.39 is 0 Å². The summed E-state index contributed by atoms with van der Waals surface area (Å²) < 4.78 is 2.90. The fourth-order valence-electron chi connectivity index (χ4n) is 2.55. The minimum Gasteiger partial charge on any atom is -0.334 e. The summed E-state index contributed by atoms with van der Waals surface area (Å²) in [6.45, 7) is 5.19. The Labute approximate surface area is 165 Å². The Morgan fingerprint density at radius 1 is 1.14 bits per heavy atom. The van der Waals surface area contributed by atoms with Gasteiger partial charge in [0.25, 0.3) is 5.95 Å². The molecule has 10 nitrogen and oxygen atoms in total. The van der Waals surface area contributed by atoms with E-state index in [1.165, 1.54) is 11.6 Å². The van der Waals surface area contributed by atoms with Crippen LogP contribution in [0.4, 0.5) is 11.4 Å². The van der Waals surface area contributed by atoms with Gasteiger partial charge in [-0.2, -0.15) is 5.10 Å². The number of hydrogen-bond donors (Lipinski definition) is 3. The summed E-state index contributed by atoms with van der Waals surface area (Å²) in [5, 5.41) is 18.2. The summed E-state index contributed by atoms with van der Waals surface area (Å²) in [6, 6.07) is 8.80. The van der Waals surface area contributed by atoms with Crippen molar-refractivity contribution < 1.29 is 9.59 Å². The molecule has 0 saturated heterocycles. The number of nitrogens with one attached hydrogen (secondary N) is 2. The summed E-state index contributed by atoms with van der Waals surface area (Å²) in [7, 11) is 0. The van der Waals surface area contributed by atoms with Crippen molar-refractivity contribution in [1.82, 2.24) is 24.7 Å². The molecule has 2 heterocycles. The number of thioether (sulfide) groups is 1. The zero-order valence-corrected chi connectivity index (χ0v) is 16.4. The van der Waals surface area contributed by atoms with E-state index in [-0.39, 0.29) is 17.6 Å². The molecule has 0 unspecified atom stereocenters. The molecular formula is C17H20N8O2S. The average Bonchev–Trinajstić information content (AvgIpc) is 3.14. The van der Waals surface area contributed by atoms with E-state index in [0.29, 0.717) is 22.5 Å². The number of nitrogen functional groups attached to an aromatic ring is 1. The lowest BCUT2D eigenvalue weighted by atomic mass is 10.2. The Morgan fingerprint density at radius 2 is 1.86 bits per heavy atom. The van der Waals surface area contributed by atoms with Crippen LogP contribution in [0.3, 0.4) is 0 Å². The van der Waals surface area contributed by atoms with Gasteiger partial charge in [0.05, 0.1) is 11.4 Å². The van der Waals surface area contributed by atoms with Crippen molar-refractivity contribution in [3.63, 3.8) is 0 Å². The number of aromatic nitrogens is 5. The van der Waals surface area contributed by atoms with Crippen LogP contribution in [0.25, 0.3) is 5.95 Å². The van der Waals surface area contributed by atoms with E-state index in [4.69, 9.17) is 5.84 Å². The molecule has 3 aromatic rings. The number of rotatable bonds is 6. The Kier molecular flexibility index (Phi) is 5.64. The molecule has 1 aromatic carbocycles. The van der Waals surface area contributed by atoms with Gasteiger partial charge in [-0.3, -0.25) is 9.59 Å². The maximum atomic E-state index is 12.2. The molecule has 146 valence electrons. The SMILES string of the molecule is CC(=O)Nc1cccc(NC(=O)CSc2nnc(-n3nc(C)cc3C)n2N)c1. The lowest BCUT2D eigenvalue weighted by Gasteiger charge is -2.08. The van der Waals surface area contributed by atoms with Crippen LogP contribution in [0.15, 0.2) is 35.5 Å². The van der Waals surface area contributed by atoms with Gasteiger partial charge in [-0.1, -0.05) is 17.8 Å². The molecule has 2 amide bonds. The van der Waals surface area contributed by atoms with Crippen molar-refractivity contribution in [2.24, 2.45) is 0 Å². The van der Waals surface area contributed by atoms with E-state index in [0.717, 1.165) is 23.1 Å². The summed E-state index contributed by atoms with van der Waals surface area (Å²) in [5.74, 6) is 6.11. The first-order chi connectivity index (χ1) is 13.3. The Morgan fingerprint density at radius 3 is 2.50 bits per heavy atom. The van der Waals surface area contributed by atoms with Gasteiger partial charge < -0.3 is 16.5 Å². The molecule has 0 saturated carbocycles. The zero-order valence-electron chi connectivity index (χ0n) is 15.6. The minimum absolute atomic E-state index is 0.0941. The highest BCUT2D eigenvalue weighted by Crippen LogP contribution is 2.19. The van der Waals surface area contributed by atoms with Crippen LogP contribution in [0.5, 0.6) is 0 Å². The summed E-state index contributed by atoms with van der Waals surface area (Å²) in [4.78, 5) is 23.4. The second-order valence-electron chi connectivity index (χ2n) is 6.09. The van der Waals surface area contributed by atoms with Crippen molar-refractivity contribution in [2.75, 3.05) is 22.2 Å². The smallest absolute Gasteiger partial charge is 0.271 e. The number of nitrogens with zero attached hydrogens (tertiary/aromatic N) is 5. The fraction of sp³-hybridized carbons (Fsp3) is 0.235. The minimum atomic E-state index is -0.236. The Balaban J connectivity index is 1.62. The van der Waals surface area contributed by atoms with E-state index >= 15 is 0 Å². The monoisotopic (exact) mass is 400 g/mol. The number of hydrogen-bond acceptors (Lipinski definition) is 7. The molecule has 0 aliphatic carbocycles. The van der Waals surface area contributed by atoms with Crippen LogP contribution in [0, 0.1) is 13.8 Å². The first-order valence-corrected chi connectivity index (χ1v) is 9.36. The third-order valence-corrected chi connectivity index (χ3v) is 4.59. The summed E-state index contributed by atoms with van der Waals surface area (Å²) in [5.41, 5.74) is 2.91. The van der Waals surface area contributed by atoms with E-state index in [1.807, 2.05) is 19.9 Å². The fourth-order valence-corrected chi connectivity index (χ4v) is 3.20. The third-order valence-electron chi connectivity index (χ3n) is 3.64. The van der Waals surface area contributed by atoms with Crippen molar-refractivity contribution in [3.05, 3.63) is 41.7 Å². The van der Waals surface area contributed by atoms with Gasteiger partial charge in [0.15, 0.2) is 0 Å². The van der Waals surface area contributed by atoms with Gasteiger partial charge in [-0.25, -0.2) is 9.36 Å². The number of carbonyl (C=O) groups is 2. The second kappa shape index (κ2) is 8.13. The third kappa shape index (κ3) is 4.49. The van der Waals surface area contributed by atoms with Gasteiger partial charge in [0.2, 0.25) is 17.0 Å². The highest BCUT2D eigenvalue weighted by atomic mass is 32.2. The molecule has 2 aromatic heterocycles. The predicted molar refractivity (Wildman–Crippen MR) is 107 cm³/mol. The molecule has 0 bridgehead atoms. The number of aryl methyl sites for hydroxylation is 2. The van der Waals surface area contributed by atoms with Crippen molar-refractivity contribution in [1.29, 1.82) is 0 Å². The quantitative estimate of drug-likeness (QED) is 0.422. The van der Waals surface area contributed by atoms with Crippen LogP contribution >= 0.6 is 11.8 Å². The van der Waals surface area contributed by atoms with Gasteiger partial charge in [0.1, 0.15) is 0 Å². The van der Waals surface area contributed by atoms with Gasteiger partial charge in [-0.05, 0) is 38.1 Å². The highest BCUT2D eigenvalue weighted by Gasteiger charge is 2.16. The highest BCUT2D eigenvalue weighted by molar-refractivity contribution is 7.99. The first-order valence-electron chi connectivity index (χ1n) is 8.38. The van der Waals surface area contributed by atoms with Crippen molar-refractivity contribution >= 4 is 35.0 Å². The standard InChI is InChI=1S/C17H20N8O2S/c1-10-7-11(2)25(23-10)16-21-22-17(24(16)18)28-9-15(27)20-14-6-4-5-13(8-14)19-12(3)26/h4-8H,9,18H2,1-3H3,(H,19,26)(H,20,27). The molecule has 3 rings (SSSR count). The van der Waals surface area contributed by atoms with Gasteiger partial charge in [0, 0.05) is 24.0 Å². The van der Waals surface area contributed by atoms with Gasteiger partial charge in [-0.15, -0.1) is 10.2 Å². The number of nitrogens with two attached hydrogens (primary N) is 1. The van der Waals surface area contributed by atoms with Gasteiger partial charge >= 0.3 is 0 Å². The molecule has 0 radical (unpaired) electrons. The molecule has 28 heavy (non-hydrogen) atoms. The van der Waals surface area contributed by atoms with Crippen LogP contribution in [0.2, 0.25) is 0 Å². The predicted octanol–water partition coefficient (Wildman–Crippen LogP) is 1.48. The maximum absolute atomic E-state index is 12.2. The topological polar surface area (TPSA) is 133 Å². The van der Waals surface area contributed by atoms with E-state index in [9.17, 15) is 9.59 Å². The molecular weight excluding hydrogens is 380 g/mol. The molecule has 0 aliphatic heterocycles. The van der Waals surface area contributed by atoms with Crippen molar-refractivity contribution in [2.45, 2.75) is 25.9 Å². The Bertz CT molecular complexity index is 1030. The van der Waals surface area contributed by atoms with Crippen LogP contribution < -0.4 is 16.5 Å². The number of carbonyl (C=O) groups excluding carboxylic acids is 2. The summed E-state index contributed by atoms with van der Waals surface area (Å²) >= 11 is 1.16. The molecule has 4 N–H and O–H groups in total. The maximum Gasteiger partial charge on any atom is 0.271 e. The number of benzene rings is 1. The number of anilines is 2. The molecule has 11 heteroatoms. The molecule has 0 fully saturated rings. The van der Waals surface area contributed by atoms with Crippen LogP contribution in [0.1, 0.15) is 18.3 Å². The number of amides is 2. The Hall–Kier alpha value is -3.34. The molecule has 0 spiro atoms. The lowest BCUT2D eigenvalue weighted by Crippen LogP contribution is -2.19. The van der Waals surface area contributed by atoms with Crippen molar-refractivity contribution in [3.8, 4) is 5.95 Å². The first kappa shape index (κ1) is 19.4. The van der Waals surface area contributed by atoms with Crippen LogP contribution in [-0.4, -0.2) is 42.2 Å². The van der Waals surface area contributed by atoms with E-state index in [2.05, 4.69) is 25.9 Å². The normalized spacial score (nSPS) is 10.7. The summed E-state index contributed by atoms with van der Waals surface area (Å²) in [6.07, 6.45) is 0. The second-order valence-corrected chi connectivity index (χ2v) is 7.03. The van der Waals surface area contributed by atoms with Crippen LogP contribution in [-0.2, 0) is 9.59 Å². The zero-order chi connectivity index (χ0) is 20.3. The lowest BCUT2D eigenvalue weighted by molar-refractivity contribution is -0.114. The molecule has 0 atom stereocenters. The van der Waals surface area contributed by atoms with E-state index in [1.54, 1.807) is 28.9 Å². The largest absolute Gasteiger partial charge is 0.334 e. The average molecular weight is 400 g/mol.